The molecular weight excluding hydrogens is 364 g/mol. The molecule has 0 saturated carbocycles. The minimum atomic E-state index is -3.82. The van der Waals surface area contributed by atoms with E-state index in [4.69, 9.17) is 9.52 Å². The molecule has 2 N–H and O–H groups in total. The van der Waals surface area contributed by atoms with Crippen molar-refractivity contribution in [3.63, 3.8) is 0 Å². The Morgan fingerprint density at radius 3 is 2.90 bits per heavy atom. The second kappa shape index (κ2) is 6.47. The molecule has 1 aliphatic rings. The molecule has 1 fully saturated rings. The zero-order valence-corrected chi connectivity index (χ0v) is 13.9. The first-order valence-corrected chi connectivity index (χ1v) is 8.88. The van der Waals surface area contributed by atoms with Crippen LogP contribution in [0.5, 0.6) is 0 Å². The summed E-state index contributed by atoms with van der Waals surface area (Å²) < 4.78 is 32.1. The number of aromatic carboxylic acids is 1. The molecule has 1 atom stereocenters. The molecule has 0 amide bonds. The van der Waals surface area contributed by atoms with E-state index in [1.54, 1.807) is 0 Å². The molecule has 118 valence electrons. The average molecular weight is 381 g/mol. The van der Waals surface area contributed by atoms with Crippen molar-refractivity contribution in [3.05, 3.63) is 16.5 Å². The fourth-order valence-electron chi connectivity index (χ4n) is 2.36. The van der Waals surface area contributed by atoms with Crippen molar-refractivity contribution in [2.45, 2.75) is 30.7 Å². The number of carboxylic acids is 1. The molecule has 9 heteroatoms. The SMILES string of the molecule is CCN1CCCC(NS(=O)(=O)c2cc(C(=O)O)oc2Br)C1. The van der Waals surface area contributed by atoms with Crippen molar-refractivity contribution in [2.24, 2.45) is 0 Å². The number of likely N-dealkylation sites (N-methyl/N-ethyl adjacent to an activating group) is 1. The van der Waals surface area contributed by atoms with E-state index in [9.17, 15) is 13.2 Å². The van der Waals surface area contributed by atoms with Gasteiger partial charge in [-0.25, -0.2) is 17.9 Å². The third-order valence-electron chi connectivity index (χ3n) is 3.43. The van der Waals surface area contributed by atoms with Gasteiger partial charge >= 0.3 is 5.97 Å². The van der Waals surface area contributed by atoms with Crippen LogP contribution in [0.1, 0.15) is 30.3 Å². The molecule has 0 aromatic carbocycles. The van der Waals surface area contributed by atoms with Gasteiger partial charge < -0.3 is 14.4 Å². The zero-order chi connectivity index (χ0) is 15.6. The first-order valence-electron chi connectivity index (χ1n) is 6.60. The highest BCUT2D eigenvalue weighted by Crippen LogP contribution is 2.26. The molecule has 0 spiro atoms. The summed E-state index contributed by atoms with van der Waals surface area (Å²) in [6.45, 7) is 4.52. The number of carbonyl (C=O) groups is 1. The Balaban J connectivity index is 2.16. The van der Waals surface area contributed by atoms with Crippen LogP contribution in [-0.4, -0.2) is 50.1 Å². The number of rotatable bonds is 5. The predicted octanol–water partition coefficient (Wildman–Crippen LogP) is 1.50. The first kappa shape index (κ1) is 16.5. The van der Waals surface area contributed by atoms with Gasteiger partial charge in [-0.2, -0.15) is 0 Å². The summed E-state index contributed by atoms with van der Waals surface area (Å²) in [7, 11) is -3.82. The summed E-state index contributed by atoms with van der Waals surface area (Å²) >= 11 is 2.95. The molecule has 1 aromatic heterocycles. The number of halogens is 1. The quantitative estimate of drug-likeness (QED) is 0.802. The summed E-state index contributed by atoms with van der Waals surface area (Å²) in [5.41, 5.74) is 0. The summed E-state index contributed by atoms with van der Waals surface area (Å²) in [5.74, 6) is -1.73. The van der Waals surface area contributed by atoms with Crippen molar-refractivity contribution >= 4 is 31.9 Å². The number of sulfonamides is 1. The van der Waals surface area contributed by atoms with E-state index in [1.165, 1.54) is 0 Å². The van der Waals surface area contributed by atoms with Crippen molar-refractivity contribution in [3.8, 4) is 0 Å². The number of piperidine rings is 1. The molecule has 1 unspecified atom stereocenters. The lowest BCUT2D eigenvalue weighted by Gasteiger charge is -2.31. The number of carboxylic acid groups (broad SMARTS) is 1. The Hall–Kier alpha value is -0.900. The molecule has 2 heterocycles. The van der Waals surface area contributed by atoms with Gasteiger partial charge in [-0.3, -0.25) is 0 Å². The van der Waals surface area contributed by atoms with Crippen LogP contribution in [-0.2, 0) is 10.0 Å². The van der Waals surface area contributed by atoms with Crippen LogP contribution in [0.15, 0.2) is 20.0 Å². The van der Waals surface area contributed by atoms with E-state index >= 15 is 0 Å². The Morgan fingerprint density at radius 2 is 2.33 bits per heavy atom. The number of nitrogens with zero attached hydrogens (tertiary/aromatic N) is 1. The van der Waals surface area contributed by atoms with E-state index in [2.05, 4.69) is 25.6 Å². The monoisotopic (exact) mass is 380 g/mol. The van der Waals surface area contributed by atoms with E-state index in [0.29, 0.717) is 6.54 Å². The normalized spacial score (nSPS) is 20.6. The van der Waals surface area contributed by atoms with Crippen LogP contribution in [0, 0.1) is 0 Å². The van der Waals surface area contributed by atoms with Gasteiger partial charge in [0.25, 0.3) is 0 Å². The van der Waals surface area contributed by atoms with Crippen molar-refractivity contribution in [1.29, 1.82) is 0 Å². The average Bonchev–Trinajstić information content (AvgIpc) is 2.81. The highest BCUT2D eigenvalue weighted by atomic mass is 79.9. The van der Waals surface area contributed by atoms with Gasteiger partial charge in [-0.15, -0.1) is 0 Å². The lowest BCUT2D eigenvalue weighted by Crippen LogP contribution is -2.47. The maximum Gasteiger partial charge on any atom is 0.371 e. The van der Waals surface area contributed by atoms with Gasteiger partial charge in [0.15, 0.2) is 4.67 Å². The largest absolute Gasteiger partial charge is 0.475 e. The number of furan rings is 1. The molecule has 0 bridgehead atoms. The molecule has 21 heavy (non-hydrogen) atoms. The second-order valence-electron chi connectivity index (χ2n) is 4.91. The van der Waals surface area contributed by atoms with Gasteiger partial charge in [-0.1, -0.05) is 6.92 Å². The highest BCUT2D eigenvalue weighted by Gasteiger charge is 2.29. The maximum absolute atomic E-state index is 12.3. The summed E-state index contributed by atoms with van der Waals surface area (Å²) in [6.07, 6.45) is 1.69. The van der Waals surface area contributed by atoms with Gasteiger partial charge in [0.05, 0.1) is 0 Å². The lowest BCUT2D eigenvalue weighted by atomic mass is 10.1. The zero-order valence-electron chi connectivity index (χ0n) is 11.5. The molecule has 0 aliphatic carbocycles. The fraction of sp³-hybridized carbons (Fsp3) is 0.583. The van der Waals surface area contributed by atoms with E-state index in [-0.39, 0.29) is 15.6 Å². The van der Waals surface area contributed by atoms with Crippen LogP contribution >= 0.6 is 15.9 Å². The fourth-order valence-corrected chi connectivity index (χ4v) is 4.56. The summed E-state index contributed by atoms with van der Waals surface area (Å²) in [4.78, 5) is 12.8. The minimum Gasteiger partial charge on any atom is -0.475 e. The molecule has 1 saturated heterocycles. The number of hydrogen-bond donors (Lipinski definition) is 2. The van der Waals surface area contributed by atoms with E-state index < -0.39 is 21.8 Å². The van der Waals surface area contributed by atoms with Crippen molar-refractivity contribution < 1.29 is 22.7 Å². The standard InChI is InChI=1S/C12H17BrN2O5S/c1-2-15-5-3-4-8(7-15)14-21(18,19)10-6-9(12(16)17)20-11(10)13/h6,8,14H,2-5,7H2,1H3,(H,16,17). The Kier molecular flexibility index (Phi) is 5.07. The van der Waals surface area contributed by atoms with Crippen molar-refractivity contribution in [1.82, 2.24) is 9.62 Å². The summed E-state index contributed by atoms with van der Waals surface area (Å²) in [5, 5.41) is 8.84. The Morgan fingerprint density at radius 1 is 1.62 bits per heavy atom. The predicted molar refractivity (Wildman–Crippen MR) is 78.8 cm³/mol. The van der Waals surface area contributed by atoms with Crippen LogP contribution < -0.4 is 4.72 Å². The molecule has 7 nitrogen and oxygen atoms in total. The maximum atomic E-state index is 12.3. The molecule has 0 radical (unpaired) electrons. The smallest absolute Gasteiger partial charge is 0.371 e. The van der Waals surface area contributed by atoms with Crippen LogP contribution in [0.3, 0.4) is 0 Å². The summed E-state index contributed by atoms with van der Waals surface area (Å²) in [6, 6.07) is 0.827. The number of likely N-dealkylation sites (tertiary alicyclic amines) is 1. The number of nitrogens with one attached hydrogen (secondary N) is 1. The van der Waals surface area contributed by atoms with Crippen molar-refractivity contribution in [2.75, 3.05) is 19.6 Å². The highest BCUT2D eigenvalue weighted by molar-refractivity contribution is 9.10. The first-order chi connectivity index (χ1) is 9.83. The van der Waals surface area contributed by atoms with Crippen LogP contribution in [0.4, 0.5) is 0 Å². The van der Waals surface area contributed by atoms with Crippen LogP contribution in [0.25, 0.3) is 0 Å². The molecular formula is C12H17BrN2O5S. The third kappa shape index (κ3) is 3.85. The van der Waals surface area contributed by atoms with Crippen LogP contribution in [0.2, 0.25) is 0 Å². The van der Waals surface area contributed by atoms with Gasteiger partial charge in [0.1, 0.15) is 4.90 Å². The van der Waals surface area contributed by atoms with Gasteiger partial charge in [0.2, 0.25) is 15.8 Å². The van der Waals surface area contributed by atoms with Gasteiger partial charge in [-0.05, 0) is 41.9 Å². The lowest BCUT2D eigenvalue weighted by molar-refractivity contribution is 0.0661. The number of hydrogen-bond acceptors (Lipinski definition) is 5. The molecule has 1 aromatic rings. The molecule has 1 aliphatic heterocycles. The molecule has 2 rings (SSSR count). The topological polar surface area (TPSA) is 99.9 Å². The van der Waals surface area contributed by atoms with E-state index in [0.717, 1.165) is 32.0 Å². The Labute approximate surface area is 131 Å². The third-order valence-corrected chi connectivity index (χ3v) is 5.81. The van der Waals surface area contributed by atoms with E-state index in [1.807, 2.05) is 6.92 Å². The second-order valence-corrected chi connectivity index (χ2v) is 7.31. The Bertz CT molecular complexity index is 628. The minimum absolute atomic E-state index is 0.101. The van der Waals surface area contributed by atoms with Gasteiger partial charge in [0, 0.05) is 18.7 Å².